The molecule has 1 heterocycles. The molecule has 0 amide bonds. The number of rotatable bonds is 1. The lowest BCUT2D eigenvalue weighted by molar-refractivity contribution is 0.516. The van der Waals surface area contributed by atoms with Crippen LogP contribution in [-0.4, -0.2) is 4.98 Å². The summed E-state index contributed by atoms with van der Waals surface area (Å²) in [4.78, 5) is 4.27. The van der Waals surface area contributed by atoms with E-state index in [2.05, 4.69) is 4.98 Å². The molecule has 0 aromatic carbocycles. The van der Waals surface area contributed by atoms with Crippen molar-refractivity contribution < 1.29 is 4.39 Å². The highest BCUT2D eigenvalue weighted by Crippen LogP contribution is 2.25. The van der Waals surface area contributed by atoms with Crippen LogP contribution in [0.2, 0.25) is 0 Å². The maximum atomic E-state index is 13.7. The molecule has 0 fully saturated rings. The maximum absolute atomic E-state index is 13.7. The van der Waals surface area contributed by atoms with Gasteiger partial charge in [-0.25, -0.2) is 4.39 Å². The summed E-state index contributed by atoms with van der Waals surface area (Å²) in [7, 11) is 0. The maximum Gasteiger partial charge on any atom is 0.130 e. The van der Waals surface area contributed by atoms with Crippen LogP contribution in [0.15, 0.2) is 12.3 Å². The summed E-state index contributed by atoms with van der Waals surface area (Å²) in [5, 5.41) is 0. The number of aromatic nitrogens is 1. The van der Waals surface area contributed by atoms with E-state index in [1.54, 1.807) is 12.3 Å². The van der Waals surface area contributed by atoms with Gasteiger partial charge >= 0.3 is 0 Å². The Hall–Kier alpha value is -0.920. The van der Waals surface area contributed by atoms with Gasteiger partial charge in [-0.2, -0.15) is 0 Å². The molecule has 0 unspecified atom stereocenters. The standard InChI is InChI=1S/C12H18FN/c1-8(2)11-6-10(13)9(7-14-11)12(3,4)5/h6-8H,1-5H3. The molecule has 0 N–H and O–H groups in total. The van der Waals surface area contributed by atoms with E-state index >= 15 is 0 Å². The van der Waals surface area contributed by atoms with Crippen LogP contribution in [0.1, 0.15) is 51.8 Å². The zero-order chi connectivity index (χ0) is 10.9. The Morgan fingerprint density at radius 1 is 1.29 bits per heavy atom. The van der Waals surface area contributed by atoms with Gasteiger partial charge in [0.15, 0.2) is 0 Å². The highest BCUT2D eigenvalue weighted by atomic mass is 19.1. The minimum atomic E-state index is -0.174. The van der Waals surface area contributed by atoms with Crippen LogP contribution in [0.3, 0.4) is 0 Å². The number of pyridine rings is 1. The lowest BCUT2D eigenvalue weighted by Gasteiger charge is -2.20. The molecule has 0 saturated carbocycles. The van der Waals surface area contributed by atoms with Crippen molar-refractivity contribution in [1.82, 2.24) is 4.98 Å². The van der Waals surface area contributed by atoms with E-state index in [0.29, 0.717) is 5.56 Å². The Morgan fingerprint density at radius 2 is 1.86 bits per heavy atom. The van der Waals surface area contributed by atoms with Crippen LogP contribution in [-0.2, 0) is 5.41 Å². The summed E-state index contributed by atoms with van der Waals surface area (Å²) in [6.45, 7) is 9.99. The normalized spacial score (nSPS) is 12.2. The second kappa shape index (κ2) is 3.68. The van der Waals surface area contributed by atoms with Crippen LogP contribution in [0.4, 0.5) is 4.39 Å². The molecule has 0 atom stereocenters. The third-order valence-electron chi connectivity index (χ3n) is 2.27. The number of halogens is 1. The van der Waals surface area contributed by atoms with E-state index in [4.69, 9.17) is 0 Å². The van der Waals surface area contributed by atoms with E-state index in [1.165, 1.54) is 0 Å². The first-order valence-corrected chi connectivity index (χ1v) is 4.98. The van der Waals surface area contributed by atoms with Crippen LogP contribution in [0.5, 0.6) is 0 Å². The average molecular weight is 195 g/mol. The highest BCUT2D eigenvalue weighted by molar-refractivity contribution is 5.24. The quantitative estimate of drug-likeness (QED) is 0.666. The van der Waals surface area contributed by atoms with Gasteiger partial charge in [0, 0.05) is 17.5 Å². The van der Waals surface area contributed by atoms with Crippen molar-refractivity contribution in [2.24, 2.45) is 0 Å². The summed E-state index contributed by atoms with van der Waals surface area (Å²) >= 11 is 0. The van der Waals surface area contributed by atoms with Crippen molar-refractivity contribution in [3.05, 3.63) is 29.3 Å². The van der Waals surface area contributed by atoms with Gasteiger partial charge in [-0.1, -0.05) is 34.6 Å². The van der Waals surface area contributed by atoms with Crippen LogP contribution >= 0.6 is 0 Å². The van der Waals surface area contributed by atoms with E-state index in [0.717, 1.165) is 5.69 Å². The molecular formula is C12H18FN. The van der Waals surface area contributed by atoms with Crippen molar-refractivity contribution in [1.29, 1.82) is 0 Å². The van der Waals surface area contributed by atoms with Gasteiger partial charge < -0.3 is 0 Å². The summed E-state index contributed by atoms with van der Waals surface area (Å²) in [5.41, 5.74) is 1.32. The Labute approximate surface area is 85.4 Å². The lowest BCUT2D eigenvalue weighted by Crippen LogP contribution is -2.14. The fourth-order valence-corrected chi connectivity index (χ4v) is 1.31. The molecule has 1 nitrogen and oxygen atoms in total. The average Bonchev–Trinajstić information content (AvgIpc) is 2.01. The molecule has 0 aliphatic carbocycles. The highest BCUT2D eigenvalue weighted by Gasteiger charge is 2.19. The molecular weight excluding hydrogens is 177 g/mol. The molecule has 0 aliphatic heterocycles. The van der Waals surface area contributed by atoms with Crippen LogP contribution < -0.4 is 0 Å². The molecule has 0 aliphatic rings. The third-order valence-corrected chi connectivity index (χ3v) is 2.27. The Bertz CT molecular complexity index is 324. The van der Waals surface area contributed by atoms with Gasteiger partial charge in [-0.3, -0.25) is 4.98 Å². The minimum absolute atomic E-state index is 0.142. The van der Waals surface area contributed by atoms with Gasteiger partial charge in [0.1, 0.15) is 5.82 Å². The van der Waals surface area contributed by atoms with Crippen LogP contribution in [0.25, 0.3) is 0 Å². The second-order valence-electron chi connectivity index (χ2n) is 4.99. The third kappa shape index (κ3) is 2.31. The SMILES string of the molecule is CC(C)c1cc(F)c(C(C)(C)C)cn1. The summed E-state index contributed by atoms with van der Waals surface area (Å²) in [6, 6.07) is 1.55. The molecule has 78 valence electrons. The Morgan fingerprint density at radius 3 is 2.21 bits per heavy atom. The summed E-state index contributed by atoms with van der Waals surface area (Å²) in [6.07, 6.45) is 1.66. The Balaban J connectivity index is 3.15. The molecule has 0 bridgehead atoms. The second-order valence-corrected chi connectivity index (χ2v) is 4.99. The zero-order valence-corrected chi connectivity index (χ0v) is 9.56. The smallest absolute Gasteiger partial charge is 0.130 e. The molecule has 0 spiro atoms. The fraction of sp³-hybridized carbons (Fsp3) is 0.583. The van der Waals surface area contributed by atoms with E-state index in [-0.39, 0.29) is 17.2 Å². The topological polar surface area (TPSA) is 12.9 Å². The molecule has 0 saturated heterocycles. The van der Waals surface area contributed by atoms with Crippen molar-refractivity contribution in [3.63, 3.8) is 0 Å². The lowest BCUT2D eigenvalue weighted by atomic mass is 9.87. The zero-order valence-electron chi connectivity index (χ0n) is 9.56. The first-order valence-electron chi connectivity index (χ1n) is 4.98. The Kier molecular flexibility index (Phi) is 2.93. The number of hydrogen-bond acceptors (Lipinski definition) is 1. The molecule has 1 aromatic rings. The van der Waals surface area contributed by atoms with E-state index < -0.39 is 0 Å². The first-order chi connectivity index (χ1) is 6.32. The van der Waals surface area contributed by atoms with Crippen molar-refractivity contribution in [3.8, 4) is 0 Å². The minimum Gasteiger partial charge on any atom is -0.261 e. The molecule has 14 heavy (non-hydrogen) atoms. The van der Waals surface area contributed by atoms with Crippen molar-refractivity contribution in [2.45, 2.75) is 46.0 Å². The van der Waals surface area contributed by atoms with Crippen molar-refractivity contribution in [2.75, 3.05) is 0 Å². The molecule has 1 rings (SSSR count). The van der Waals surface area contributed by atoms with Gasteiger partial charge in [-0.15, -0.1) is 0 Å². The number of hydrogen-bond donors (Lipinski definition) is 0. The van der Waals surface area contributed by atoms with Gasteiger partial charge in [-0.05, 0) is 17.4 Å². The summed E-state index contributed by atoms with van der Waals surface area (Å²) in [5.74, 6) is 0.134. The largest absolute Gasteiger partial charge is 0.261 e. The van der Waals surface area contributed by atoms with Gasteiger partial charge in [0.2, 0.25) is 0 Å². The van der Waals surface area contributed by atoms with Crippen molar-refractivity contribution >= 4 is 0 Å². The van der Waals surface area contributed by atoms with Gasteiger partial charge in [0.05, 0.1) is 0 Å². The number of nitrogens with zero attached hydrogens (tertiary/aromatic N) is 1. The van der Waals surface area contributed by atoms with Gasteiger partial charge in [0.25, 0.3) is 0 Å². The summed E-state index contributed by atoms with van der Waals surface area (Å²) < 4.78 is 13.7. The molecule has 2 heteroatoms. The monoisotopic (exact) mass is 195 g/mol. The van der Waals surface area contributed by atoms with E-state index in [9.17, 15) is 4.39 Å². The first kappa shape index (κ1) is 11.2. The predicted molar refractivity (Wildman–Crippen MR) is 57.0 cm³/mol. The predicted octanol–water partition coefficient (Wildman–Crippen LogP) is 3.64. The van der Waals surface area contributed by atoms with E-state index in [1.807, 2.05) is 34.6 Å². The van der Waals surface area contributed by atoms with Crippen LogP contribution in [0, 0.1) is 5.82 Å². The fourth-order valence-electron chi connectivity index (χ4n) is 1.31. The molecule has 0 radical (unpaired) electrons. The molecule has 1 aromatic heterocycles.